The first-order valence-corrected chi connectivity index (χ1v) is 10.6. The topological polar surface area (TPSA) is 102 Å². The molecule has 4 N–H and O–H groups in total. The Morgan fingerprint density at radius 3 is 2.33 bits per heavy atom. The number of carbonyl (C=O) groups is 2. The first-order chi connectivity index (χ1) is 14.5. The number of hydrogen-bond donors (Lipinski definition) is 3. The fraction of sp³-hybridized carbons (Fsp3) is 0.417. The van der Waals surface area contributed by atoms with Crippen molar-refractivity contribution in [2.45, 2.75) is 43.6 Å². The average Bonchev–Trinajstić information content (AvgIpc) is 3.05. The molecule has 2 unspecified atom stereocenters. The number of carboxylic acids is 1. The van der Waals surface area contributed by atoms with Crippen molar-refractivity contribution in [3.63, 3.8) is 0 Å². The lowest BCUT2D eigenvalue weighted by Gasteiger charge is -2.40. The number of rotatable bonds is 6. The minimum Gasteiger partial charge on any atom is -0.481 e. The Balaban J connectivity index is 1.47. The molecule has 2 aromatic rings. The second-order valence-corrected chi connectivity index (χ2v) is 8.50. The fourth-order valence-electron chi connectivity index (χ4n) is 5.15. The Morgan fingerprint density at radius 2 is 1.73 bits per heavy atom. The second kappa shape index (κ2) is 8.48. The highest BCUT2D eigenvalue weighted by Crippen LogP contribution is 2.44. The zero-order chi connectivity index (χ0) is 21.1. The van der Waals surface area contributed by atoms with Crippen molar-refractivity contribution in [2.24, 2.45) is 11.7 Å². The van der Waals surface area contributed by atoms with E-state index in [2.05, 4.69) is 29.6 Å². The SMILES string of the molecule is NCC1CCCC(CC(=O)O)(NC(=O)OCC2c3ccccc3-c3ccccc32)C1. The van der Waals surface area contributed by atoms with Gasteiger partial charge in [0, 0.05) is 5.92 Å². The number of ether oxygens (including phenoxy) is 1. The number of hydrogen-bond acceptors (Lipinski definition) is 4. The monoisotopic (exact) mass is 408 g/mol. The van der Waals surface area contributed by atoms with Crippen LogP contribution in [0, 0.1) is 5.92 Å². The van der Waals surface area contributed by atoms with Gasteiger partial charge < -0.3 is 20.9 Å². The van der Waals surface area contributed by atoms with Gasteiger partial charge in [0.2, 0.25) is 0 Å². The molecule has 0 saturated heterocycles. The molecule has 6 nitrogen and oxygen atoms in total. The van der Waals surface area contributed by atoms with Crippen LogP contribution in [0.15, 0.2) is 48.5 Å². The Bertz CT molecular complexity index is 899. The number of alkyl carbamates (subject to hydrolysis) is 1. The number of aliphatic carboxylic acids is 1. The molecule has 1 saturated carbocycles. The lowest BCUT2D eigenvalue weighted by Crippen LogP contribution is -2.53. The number of carbonyl (C=O) groups excluding carboxylic acids is 1. The third-order valence-corrected chi connectivity index (χ3v) is 6.48. The molecule has 0 radical (unpaired) electrons. The van der Waals surface area contributed by atoms with E-state index in [4.69, 9.17) is 10.5 Å². The maximum Gasteiger partial charge on any atom is 0.407 e. The van der Waals surface area contributed by atoms with Crippen LogP contribution in [-0.4, -0.2) is 35.9 Å². The number of carboxylic acid groups (broad SMARTS) is 1. The highest BCUT2D eigenvalue weighted by Gasteiger charge is 2.40. The standard InChI is InChI=1S/C24H28N2O4/c25-14-16-6-5-11-24(12-16,13-22(27)28)26-23(29)30-15-21-19-9-3-1-7-17(19)18-8-2-4-10-20(18)21/h1-4,7-10,16,21H,5-6,11-15,25H2,(H,26,29)(H,27,28). The second-order valence-electron chi connectivity index (χ2n) is 8.50. The van der Waals surface area contributed by atoms with Crippen molar-refractivity contribution in [3.8, 4) is 11.1 Å². The summed E-state index contributed by atoms with van der Waals surface area (Å²) in [6.07, 6.45) is 2.33. The predicted molar refractivity (Wildman–Crippen MR) is 114 cm³/mol. The van der Waals surface area contributed by atoms with Crippen molar-refractivity contribution >= 4 is 12.1 Å². The molecule has 1 amide bonds. The van der Waals surface area contributed by atoms with E-state index >= 15 is 0 Å². The number of benzene rings is 2. The smallest absolute Gasteiger partial charge is 0.407 e. The third kappa shape index (κ3) is 4.05. The summed E-state index contributed by atoms with van der Waals surface area (Å²) >= 11 is 0. The zero-order valence-corrected chi connectivity index (χ0v) is 17.0. The van der Waals surface area contributed by atoms with E-state index in [1.165, 1.54) is 11.1 Å². The molecule has 2 aliphatic rings. The van der Waals surface area contributed by atoms with E-state index in [9.17, 15) is 14.7 Å². The van der Waals surface area contributed by atoms with Gasteiger partial charge in [-0.1, -0.05) is 55.0 Å². The van der Waals surface area contributed by atoms with Crippen LogP contribution in [0.2, 0.25) is 0 Å². The van der Waals surface area contributed by atoms with Crippen molar-refractivity contribution in [1.82, 2.24) is 5.32 Å². The van der Waals surface area contributed by atoms with Gasteiger partial charge in [-0.25, -0.2) is 4.79 Å². The van der Waals surface area contributed by atoms with Crippen molar-refractivity contribution in [3.05, 3.63) is 59.7 Å². The van der Waals surface area contributed by atoms with E-state index in [0.717, 1.165) is 24.0 Å². The highest BCUT2D eigenvalue weighted by atomic mass is 16.5. The van der Waals surface area contributed by atoms with Gasteiger partial charge in [-0.3, -0.25) is 4.79 Å². The summed E-state index contributed by atoms with van der Waals surface area (Å²) in [5.41, 5.74) is 9.66. The lowest BCUT2D eigenvalue weighted by atomic mass is 9.74. The molecule has 0 aromatic heterocycles. The predicted octanol–water partition coefficient (Wildman–Crippen LogP) is 3.89. The minimum absolute atomic E-state index is 0.0262. The van der Waals surface area contributed by atoms with Gasteiger partial charge in [0.15, 0.2) is 0 Å². The van der Waals surface area contributed by atoms with E-state index in [0.29, 0.717) is 19.4 Å². The van der Waals surface area contributed by atoms with Crippen LogP contribution in [-0.2, 0) is 9.53 Å². The lowest BCUT2D eigenvalue weighted by molar-refractivity contribution is -0.139. The maximum absolute atomic E-state index is 12.7. The molecular formula is C24H28N2O4. The molecule has 0 bridgehead atoms. The Morgan fingerprint density at radius 1 is 1.10 bits per heavy atom. The van der Waals surface area contributed by atoms with Crippen LogP contribution in [0.4, 0.5) is 4.79 Å². The summed E-state index contributed by atoms with van der Waals surface area (Å²) in [5, 5.41) is 12.3. The van der Waals surface area contributed by atoms with Crippen LogP contribution in [0.1, 0.15) is 49.1 Å². The van der Waals surface area contributed by atoms with Crippen molar-refractivity contribution in [2.75, 3.05) is 13.2 Å². The van der Waals surface area contributed by atoms with Gasteiger partial charge in [-0.15, -0.1) is 0 Å². The first-order valence-electron chi connectivity index (χ1n) is 10.6. The van der Waals surface area contributed by atoms with Gasteiger partial charge >= 0.3 is 12.1 Å². The van der Waals surface area contributed by atoms with E-state index in [-0.39, 0.29) is 24.9 Å². The molecule has 0 spiro atoms. The molecule has 2 atom stereocenters. The van der Waals surface area contributed by atoms with Crippen LogP contribution in [0.3, 0.4) is 0 Å². The Hall–Kier alpha value is -2.86. The summed E-state index contributed by atoms with van der Waals surface area (Å²) in [6.45, 7) is 0.705. The Labute approximate surface area is 176 Å². The number of nitrogens with two attached hydrogens (primary N) is 1. The number of amides is 1. The third-order valence-electron chi connectivity index (χ3n) is 6.48. The quantitative estimate of drug-likeness (QED) is 0.673. The molecular weight excluding hydrogens is 380 g/mol. The molecule has 2 aliphatic carbocycles. The molecule has 4 rings (SSSR count). The van der Waals surface area contributed by atoms with Crippen molar-refractivity contribution < 1.29 is 19.4 Å². The van der Waals surface area contributed by atoms with Gasteiger partial charge in [0.25, 0.3) is 0 Å². The largest absolute Gasteiger partial charge is 0.481 e. The summed E-state index contributed by atoms with van der Waals surface area (Å²) in [6, 6.07) is 16.3. The first kappa shape index (κ1) is 20.4. The van der Waals surface area contributed by atoms with Crippen LogP contribution in [0.25, 0.3) is 11.1 Å². The molecule has 2 aromatic carbocycles. The number of nitrogens with one attached hydrogen (secondary N) is 1. The highest BCUT2D eigenvalue weighted by molar-refractivity contribution is 5.79. The van der Waals surface area contributed by atoms with Crippen LogP contribution in [0.5, 0.6) is 0 Å². The van der Waals surface area contributed by atoms with Crippen molar-refractivity contribution in [1.29, 1.82) is 0 Å². The van der Waals surface area contributed by atoms with E-state index < -0.39 is 17.6 Å². The van der Waals surface area contributed by atoms with Gasteiger partial charge in [-0.05, 0) is 54.0 Å². The normalized spacial score (nSPS) is 22.8. The maximum atomic E-state index is 12.7. The van der Waals surface area contributed by atoms with Crippen LogP contribution < -0.4 is 11.1 Å². The summed E-state index contributed by atoms with van der Waals surface area (Å²) in [7, 11) is 0. The van der Waals surface area contributed by atoms with Crippen LogP contribution >= 0.6 is 0 Å². The molecule has 0 aliphatic heterocycles. The molecule has 6 heteroatoms. The molecule has 158 valence electrons. The van der Waals surface area contributed by atoms with E-state index in [1.54, 1.807) is 0 Å². The Kier molecular flexibility index (Phi) is 5.77. The summed E-state index contributed by atoms with van der Waals surface area (Å²) < 4.78 is 5.64. The summed E-state index contributed by atoms with van der Waals surface area (Å²) in [5.74, 6) is -0.736. The molecule has 1 fully saturated rings. The zero-order valence-electron chi connectivity index (χ0n) is 17.0. The van der Waals surface area contributed by atoms with E-state index in [1.807, 2.05) is 24.3 Å². The van der Waals surface area contributed by atoms with Gasteiger partial charge in [0.1, 0.15) is 6.61 Å². The minimum atomic E-state index is -0.924. The van der Waals surface area contributed by atoms with Gasteiger partial charge in [-0.2, -0.15) is 0 Å². The number of fused-ring (bicyclic) bond motifs is 3. The molecule has 0 heterocycles. The average molecular weight is 408 g/mol. The molecule has 30 heavy (non-hydrogen) atoms. The summed E-state index contributed by atoms with van der Waals surface area (Å²) in [4.78, 5) is 24.2. The fourth-order valence-corrected chi connectivity index (χ4v) is 5.15. The van der Waals surface area contributed by atoms with Gasteiger partial charge in [0.05, 0.1) is 12.0 Å².